The summed E-state index contributed by atoms with van der Waals surface area (Å²) in [6.45, 7) is 2.48. The van der Waals surface area contributed by atoms with Crippen LogP contribution in [0.15, 0.2) is 47.4 Å². The first-order chi connectivity index (χ1) is 9.86. The average molecular weight is 296 g/mol. The summed E-state index contributed by atoms with van der Waals surface area (Å²) in [6.07, 6.45) is -3.60. The zero-order valence-electron chi connectivity index (χ0n) is 11.4. The van der Waals surface area contributed by atoms with E-state index in [2.05, 4.69) is 5.32 Å². The molecule has 0 bridgehead atoms. The lowest BCUT2D eigenvalue weighted by atomic mass is 10.2. The van der Waals surface area contributed by atoms with E-state index in [0.29, 0.717) is 6.54 Å². The number of anilines is 1. The molecule has 0 unspecified atom stereocenters. The number of aromatic nitrogens is 1. The first kappa shape index (κ1) is 15.2. The number of hydrogen-bond acceptors (Lipinski definition) is 2. The van der Waals surface area contributed by atoms with E-state index in [0.717, 1.165) is 34.1 Å². The second-order valence-corrected chi connectivity index (χ2v) is 4.74. The number of benzene rings is 1. The van der Waals surface area contributed by atoms with Crippen molar-refractivity contribution in [1.82, 2.24) is 4.57 Å². The molecule has 112 valence electrons. The highest BCUT2D eigenvalue weighted by Gasteiger charge is 2.30. The molecule has 0 saturated carbocycles. The summed E-state index contributed by atoms with van der Waals surface area (Å²) in [5, 5.41) is 3.08. The standard InChI is InChI=1S/C15H15F3N2O/c1-11-3-2-4-13(9-11)19-7-8-20-10-12(15(16,17)18)5-6-14(20)21/h2-6,9-10,19H,7-8H2,1H3. The van der Waals surface area contributed by atoms with E-state index in [4.69, 9.17) is 0 Å². The van der Waals surface area contributed by atoms with E-state index in [-0.39, 0.29) is 6.54 Å². The van der Waals surface area contributed by atoms with Crippen molar-refractivity contribution in [2.75, 3.05) is 11.9 Å². The third-order valence-corrected chi connectivity index (χ3v) is 3.01. The Morgan fingerprint density at radius 3 is 2.62 bits per heavy atom. The minimum Gasteiger partial charge on any atom is -0.383 e. The Labute approximate surface area is 120 Å². The van der Waals surface area contributed by atoms with E-state index >= 15 is 0 Å². The van der Waals surface area contributed by atoms with E-state index in [1.165, 1.54) is 0 Å². The summed E-state index contributed by atoms with van der Waals surface area (Å²) in [6, 6.07) is 9.36. The van der Waals surface area contributed by atoms with Crippen LogP contribution in [0, 0.1) is 6.92 Å². The van der Waals surface area contributed by atoms with Gasteiger partial charge in [0.15, 0.2) is 0 Å². The van der Waals surface area contributed by atoms with E-state index in [9.17, 15) is 18.0 Å². The number of nitrogens with one attached hydrogen (secondary N) is 1. The fraction of sp³-hybridized carbons (Fsp3) is 0.267. The molecule has 0 radical (unpaired) electrons. The van der Waals surface area contributed by atoms with Crippen molar-refractivity contribution in [2.24, 2.45) is 0 Å². The van der Waals surface area contributed by atoms with Crippen LogP contribution in [-0.4, -0.2) is 11.1 Å². The van der Waals surface area contributed by atoms with Crippen LogP contribution in [0.3, 0.4) is 0 Å². The zero-order chi connectivity index (χ0) is 15.5. The maximum Gasteiger partial charge on any atom is 0.417 e. The minimum atomic E-state index is -4.45. The number of nitrogens with zero attached hydrogens (tertiary/aromatic N) is 1. The lowest BCUT2D eigenvalue weighted by Gasteiger charge is -2.12. The van der Waals surface area contributed by atoms with Crippen molar-refractivity contribution in [3.8, 4) is 0 Å². The Morgan fingerprint density at radius 1 is 1.19 bits per heavy atom. The monoisotopic (exact) mass is 296 g/mol. The van der Waals surface area contributed by atoms with Gasteiger partial charge in [0, 0.05) is 31.0 Å². The van der Waals surface area contributed by atoms with Gasteiger partial charge in [-0.05, 0) is 30.7 Å². The third-order valence-electron chi connectivity index (χ3n) is 3.01. The van der Waals surface area contributed by atoms with Crippen LogP contribution in [-0.2, 0) is 12.7 Å². The minimum absolute atomic E-state index is 0.163. The van der Waals surface area contributed by atoms with Gasteiger partial charge in [-0.25, -0.2) is 0 Å². The smallest absolute Gasteiger partial charge is 0.383 e. The molecule has 2 rings (SSSR count). The summed E-state index contributed by atoms with van der Waals surface area (Å²) < 4.78 is 38.9. The van der Waals surface area contributed by atoms with E-state index in [1.807, 2.05) is 31.2 Å². The number of rotatable bonds is 4. The van der Waals surface area contributed by atoms with Crippen molar-refractivity contribution < 1.29 is 13.2 Å². The van der Waals surface area contributed by atoms with Crippen molar-refractivity contribution in [3.63, 3.8) is 0 Å². The molecule has 0 atom stereocenters. The second kappa shape index (κ2) is 6.03. The van der Waals surface area contributed by atoms with Crippen LogP contribution in [0.1, 0.15) is 11.1 Å². The van der Waals surface area contributed by atoms with Crippen molar-refractivity contribution in [1.29, 1.82) is 0 Å². The fourth-order valence-electron chi connectivity index (χ4n) is 1.95. The van der Waals surface area contributed by atoms with Crippen LogP contribution in [0.25, 0.3) is 0 Å². The highest BCUT2D eigenvalue weighted by Crippen LogP contribution is 2.27. The molecule has 0 aliphatic rings. The topological polar surface area (TPSA) is 34.0 Å². The highest BCUT2D eigenvalue weighted by molar-refractivity contribution is 5.45. The van der Waals surface area contributed by atoms with Gasteiger partial charge in [-0.15, -0.1) is 0 Å². The zero-order valence-corrected chi connectivity index (χ0v) is 11.4. The number of hydrogen-bond donors (Lipinski definition) is 1. The molecule has 1 aromatic carbocycles. The summed E-state index contributed by atoms with van der Waals surface area (Å²) >= 11 is 0. The molecule has 1 N–H and O–H groups in total. The summed E-state index contributed by atoms with van der Waals surface area (Å²) in [4.78, 5) is 11.6. The van der Waals surface area contributed by atoms with Gasteiger partial charge in [0.05, 0.1) is 5.56 Å². The molecule has 3 nitrogen and oxygen atoms in total. The molecule has 0 aliphatic heterocycles. The van der Waals surface area contributed by atoms with Gasteiger partial charge in [-0.3, -0.25) is 4.79 Å². The predicted molar refractivity (Wildman–Crippen MR) is 75.4 cm³/mol. The molecule has 1 heterocycles. The van der Waals surface area contributed by atoms with Crippen LogP contribution in [0.5, 0.6) is 0 Å². The second-order valence-electron chi connectivity index (χ2n) is 4.74. The van der Waals surface area contributed by atoms with E-state index in [1.54, 1.807) is 0 Å². The number of aryl methyl sites for hydroxylation is 1. The van der Waals surface area contributed by atoms with Crippen LogP contribution >= 0.6 is 0 Å². The molecule has 6 heteroatoms. The van der Waals surface area contributed by atoms with Crippen LogP contribution in [0.2, 0.25) is 0 Å². The average Bonchev–Trinajstić information content (AvgIpc) is 2.39. The number of halogens is 3. The number of alkyl halides is 3. The first-order valence-corrected chi connectivity index (χ1v) is 6.44. The maximum atomic E-state index is 12.6. The molecule has 0 aliphatic carbocycles. The molecule has 1 aromatic heterocycles. The lowest BCUT2D eigenvalue weighted by Crippen LogP contribution is -2.24. The van der Waals surface area contributed by atoms with Crippen molar-refractivity contribution >= 4 is 5.69 Å². The fourth-order valence-corrected chi connectivity index (χ4v) is 1.95. The number of pyridine rings is 1. The highest BCUT2D eigenvalue weighted by atomic mass is 19.4. The van der Waals surface area contributed by atoms with Crippen molar-refractivity contribution in [3.05, 3.63) is 64.1 Å². The van der Waals surface area contributed by atoms with Crippen LogP contribution < -0.4 is 10.9 Å². The lowest BCUT2D eigenvalue weighted by molar-refractivity contribution is -0.138. The summed E-state index contributed by atoms with van der Waals surface area (Å²) in [5.74, 6) is 0. The maximum absolute atomic E-state index is 12.6. The van der Waals surface area contributed by atoms with Gasteiger partial charge in [0.1, 0.15) is 0 Å². The van der Waals surface area contributed by atoms with Gasteiger partial charge in [0.2, 0.25) is 0 Å². The molecule has 21 heavy (non-hydrogen) atoms. The van der Waals surface area contributed by atoms with Crippen molar-refractivity contribution in [2.45, 2.75) is 19.6 Å². The SMILES string of the molecule is Cc1cccc(NCCn2cc(C(F)(F)F)ccc2=O)c1. The Balaban J connectivity index is 2.05. The Bertz CT molecular complexity index is 677. The quantitative estimate of drug-likeness (QED) is 0.939. The Hall–Kier alpha value is -2.24. The summed E-state index contributed by atoms with van der Waals surface area (Å²) in [5.41, 5.74) is 0.679. The molecular formula is C15H15F3N2O. The Morgan fingerprint density at radius 2 is 1.95 bits per heavy atom. The third kappa shape index (κ3) is 4.11. The van der Waals surface area contributed by atoms with Gasteiger partial charge in [0.25, 0.3) is 5.56 Å². The normalized spacial score (nSPS) is 11.4. The Kier molecular flexibility index (Phi) is 4.35. The molecule has 0 amide bonds. The molecule has 2 aromatic rings. The van der Waals surface area contributed by atoms with Crippen LogP contribution in [0.4, 0.5) is 18.9 Å². The van der Waals surface area contributed by atoms with E-state index < -0.39 is 17.3 Å². The molecule has 0 saturated heterocycles. The predicted octanol–water partition coefficient (Wildman–Crippen LogP) is 3.29. The molecule has 0 spiro atoms. The molecular weight excluding hydrogens is 281 g/mol. The largest absolute Gasteiger partial charge is 0.417 e. The van der Waals surface area contributed by atoms with Gasteiger partial charge >= 0.3 is 6.18 Å². The summed E-state index contributed by atoms with van der Waals surface area (Å²) in [7, 11) is 0. The first-order valence-electron chi connectivity index (χ1n) is 6.44. The molecule has 0 fully saturated rings. The van der Waals surface area contributed by atoms with Gasteiger partial charge < -0.3 is 9.88 Å². The van der Waals surface area contributed by atoms with Gasteiger partial charge in [-0.1, -0.05) is 12.1 Å². The van der Waals surface area contributed by atoms with Gasteiger partial charge in [-0.2, -0.15) is 13.2 Å².